The number of fused-ring (bicyclic) bond motifs is 4. The number of rotatable bonds is 24. The Morgan fingerprint density at radius 2 is 0.664 bits per heavy atom. The van der Waals surface area contributed by atoms with E-state index in [0.29, 0.717) is 100 Å². The summed E-state index contributed by atoms with van der Waals surface area (Å²) in [6.45, 7) is 12.1. The molecule has 4 fully saturated rings. The van der Waals surface area contributed by atoms with E-state index in [0.717, 1.165) is 154 Å². The summed E-state index contributed by atoms with van der Waals surface area (Å²) < 4.78 is 88.2. The van der Waals surface area contributed by atoms with Crippen LogP contribution in [0.3, 0.4) is 0 Å². The predicted octanol–water partition coefficient (Wildman–Crippen LogP) is 12.5. The standard InChI is InChI=1S/C25H26F2N8O2S.C24H24F2N8O2S.C24H25N7O2.C23H23N7O2/c1-38(2,37)34-24-29-13-19(14-30-24)31-23(36)22-20-10-17(3-4-21(20)32-33-22)18-9-16(11-28-12-18)15-35-7-5-25(26,27)6-8-35;1-37(2,36)33-23-28-11-18(12-29-23)30-22(35)21-19-8-16(3-4-20(19)31-32-21)17-7-15(9-27-10-17)13-34-6-5-24(25,26)14-34;1-15-26-12-19(13-27-15)28-24(33)23-21-9-17(2-3-22(21)29-30-23)18-8-16(10-25-11-18)14-31-6-4-20(32)5-7-31;1-15-25-12-19(13-26-15)27-23(31)22-20-9-17(2-3-21(20)28-29-22)18-8-16(10-24-11-18)14-30-4-6-32-7-5-30/h3-4,9-14H,1,5-8,15H2,2H3,(H,31,36)(H,32,33)(H,29,30,34,37);3-4,7-12H,1,5-6,13-14H2,2H3,(H,30,35)(H,31,32)(H,28,29,33,36);2-3,8-13,20,32H,4-7,14H2,1H3,(H,28,33)(H,29,30);2-3,8-13H,4-7,14H2,1H3,(H,27,31)(H,28,29). The maximum absolute atomic E-state index is 13.6. The summed E-state index contributed by atoms with van der Waals surface area (Å²) in [5.74, 6) is 1.71. The quantitative estimate of drug-likeness (QED) is 0.0198. The highest BCUT2D eigenvalue weighted by atomic mass is 32.2. The SMILES string of the molecule is C=S(C)(=O)Nc1ncc(NC(=O)c2n[nH]c3ccc(-c4cncc(CN5CCC(F)(F)C5)c4)cc23)cn1.C=S(C)(=O)Nc1ncc(NC(=O)c2n[nH]c3ccc(-c4cncc(CN5CCC(F)(F)CC5)c4)cc23)cn1.Cc1ncc(NC(=O)c2n[nH]c3ccc(-c4cncc(CN5CCC(O)CC5)c4)cc23)cn1.Cc1ncc(NC(=O)c2n[nH]c3ccc(-c4cncc(CN5CCOCC5)c4)cc23)cn1. The minimum Gasteiger partial charge on any atom is -0.393 e. The molecule has 0 bridgehead atoms. The maximum Gasteiger partial charge on any atom is 0.276 e. The van der Waals surface area contributed by atoms with Gasteiger partial charge in [0.2, 0.25) is 11.9 Å². The number of hydrogen-bond donors (Lipinski definition) is 11. The third-order valence-corrected chi connectivity index (χ3v) is 24.5. The third-order valence-electron chi connectivity index (χ3n) is 23.3. The van der Waals surface area contributed by atoms with Gasteiger partial charge in [0.1, 0.15) is 11.6 Å². The summed E-state index contributed by atoms with van der Waals surface area (Å²) in [7, 11) is -5.05. The number of hydrogen-bond acceptors (Lipinski definition) is 28. The molecule has 38 nitrogen and oxygen atoms in total. The monoisotopic (exact) mass is 1940 g/mol. The molecule has 2 atom stereocenters. The molecule has 140 heavy (non-hydrogen) atoms. The number of carbonyl (C=O) groups is 4. The van der Waals surface area contributed by atoms with E-state index in [-0.39, 0.29) is 67.0 Å². The molecule has 0 radical (unpaired) electrons. The van der Waals surface area contributed by atoms with Gasteiger partial charge in [-0.25, -0.2) is 65.9 Å². The number of ether oxygens (including phenoxy) is 1. The lowest BCUT2D eigenvalue weighted by Gasteiger charge is -2.31. The van der Waals surface area contributed by atoms with Gasteiger partial charge in [-0.1, -0.05) is 24.3 Å². The topological polar surface area (TPSA) is 486 Å². The molecule has 12 aromatic heterocycles. The molecule has 20 rings (SSSR count). The number of aromatic nitrogens is 20. The van der Waals surface area contributed by atoms with Crippen LogP contribution in [0.1, 0.15) is 108 Å². The van der Waals surface area contributed by atoms with E-state index < -0.39 is 43.1 Å². The number of benzene rings is 4. The number of alkyl halides is 4. The molecule has 0 spiro atoms. The number of amides is 4. The zero-order chi connectivity index (χ0) is 97.8. The van der Waals surface area contributed by atoms with E-state index >= 15 is 0 Å². The van der Waals surface area contributed by atoms with Gasteiger partial charge in [0, 0.05) is 217 Å². The Morgan fingerprint density at radius 3 is 0.964 bits per heavy atom. The minimum absolute atomic E-state index is 0.129. The number of morpholine rings is 1. The molecule has 11 N–H and O–H groups in total. The molecule has 4 aliphatic heterocycles. The largest absolute Gasteiger partial charge is 0.393 e. The lowest BCUT2D eigenvalue weighted by Crippen LogP contribution is -2.38. The first-order valence-corrected chi connectivity index (χ1v) is 48.8. The summed E-state index contributed by atoms with van der Waals surface area (Å²) in [6, 6.07) is 31.0. The van der Waals surface area contributed by atoms with E-state index in [1.54, 1.807) is 68.3 Å². The van der Waals surface area contributed by atoms with Crippen LogP contribution in [-0.4, -0.2) is 265 Å². The second-order valence-corrected chi connectivity index (χ2v) is 39.1. The number of nitrogens with zero attached hydrogens (tertiary/aromatic N) is 20. The molecule has 4 aromatic carbocycles. The Balaban J connectivity index is 0.000000129. The van der Waals surface area contributed by atoms with Crippen molar-refractivity contribution in [2.75, 3.05) is 109 Å². The predicted molar refractivity (Wildman–Crippen MR) is 527 cm³/mol. The first kappa shape index (κ1) is 96.4. The number of aliphatic hydroxyl groups is 1. The van der Waals surface area contributed by atoms with Crippen molar-refractivity contribution in [2.24, 2.45) is 0 Å². The number of pyridine rings is 4. The minimum atomic E-state index is -2.65. The van der Waals surface area contributed by atoms with Crippen LogP contribution in [0.2, 0.25) is 0 Å². The zero-order valence-corrected chi connectivity index (χ0v) is 78.1. The summed E-state index contributed by atoms with van der Waals surface area (Å²) >= 11 is 0. The molecule has 4 aliphatic rings. The Labute approximate surface area is 800 Å². The van der Waals surface area contributed by atoms with Crippen LogP contribution >= 0.6 is 0 Å². The van der Waals surface area contributed by atoms with Gasteiger partial charge < -0.3 is 31.1 Å². The number of aliphatic hydroxyl groups excluding tert-OH is 1. The Morgan fingerprint density at radius 1 is 0.386 bits per heavy atom. The summed E-state index contributed by atoms with van der Waals surface area (Å²) in [5.41, 5.74) is 16.8. The van der Waals surface area contributed by atoms with E-state index in [9.17, 15) is 50.3 Å². The van der Waals surface area contributed by atoms with Gasteiger partial charge in [-0.15, -0.1) is 0 Å². The van der Waals surface area contributed by atoms with E-state index in [4.69, 9.17) is 4.74 Å². The van der Waals surface area contributed by atoms with Crippen molar-refractivity contribution in [1.82, 2.24) is 120 Å². The van der Waals surface area contributed by atoms with Crippen LogP contribution in [-0.2, 0) is 50.3 Å². The van der Waals surface area contributed by atoms with Crippen LogP contribution in [0.5, 0.6) is 0 Å². The van der Waals surface area contributed by atoms with Gasteiger partial charge in [0.05, 0.1) is 120 Å². The number of H-pyrrole nitrogens is 4. The molecule has 4 amide bonds. The van der Waals surface area contributed by atoms with Crippen LogP contribution in [0.25, 0.3) is 88.1 Å². The van der Waals surface area contributed by atoms with Crippen LogP contribution in [0.4, 0.5) is 52.2 Å². The average Bonchev–Trinajstić information content (AvgIpc) is 1.66. The highest BCUT2D eigenvalue weighted by molar-refractivity contribution is 8.01. The van der Waals surface area contributed by atoms with Gasteiger partial charge in [-0.3, -0.25) is 88.6 Å². The smallest absolute Gasteiger partial charge is 0.276 e. The highest BCUT2D eigenvalue weighted by Gasteiger charge is 2.38. The average molecular weight is 1940 g/mol. The maximum atomic E-state index is 13.6. The first-order valence-electron chi connectivity index (χ1n) is 44.6. The third kappa shape index (κ3) is 25.4. The summed E-state index contributed by atoms with van der Waals surface area (Å²) in [6.07, 6.45) is 30.0. The first-order chi connectivity index (χ1) is 67.3. The van der Waals surface area contributed by atoms with Crippen molar-refractivity contribution >= 4 is 133 Å². The number of halogens is 4. The highest BCUT2D eigenvalue weighted by Crippen LogP contribution is 2.36. The zero-order valence-electron chi connectivity index (χ0n) is 76.5. The molecule has 0 saturated carbocycles. The second kappa shape index (κ2) is 42.3. The molecule has 0 aliphatic carbocycles. The number of nitrogens with one attached hydrogen (secondary N) is 10. The Bertz CT molecular complexity index is 7420. The van der Waals surface area contributed by atoms with Crippen molar-refractivity contribution in [2.45, 2.75) is 90.1 Å². The van der Waals surface area contributed by atoms with E-state index in [2.05, 4.69) is 165 Å². The number of anilines is 6. The van der Waals surface area contributed by atoms with Crippen LogP contribution in [0.15, 0.2) is 196 Å². The normalized spacial score (nSPS) is 16.0. The molecule has 720 valence electrons. The number of likely N-dealkylation sites (tertiary alicyclic amines) is 3. The number of aromatic amines is 4. The van der Waals surface area contributed by atoms with Crippen molar-refractivity contribution in [3.63, 3.8) is 0 Å². The fraction of sp³-hybridized carbons (Fsp3) is 0.271. The molecule has 16 heterocycles. The molecule has 16 aromatic rings. The van der Waals surface area contributed by atoms with E-state index in [1.165, 1.54) is 37.3 Å². The van der Waals surface area contributed by atoms with Gasteiger partial charge in [-0.05, 0) is 156 Å². The fourth-order valence-corrected chi connectivity index (χ4v) is 17.2. The molecule has 2 unspecified atom stereocenters. The lowest BCUT2D eigenvalue weighted by molar-refractivity contribution is -0.0566. The molecule has 44 heteroatoms. The Kier molecular flexibility index (Phi) is 29.1. The molecule has 4 saturated heterocycles. The molecular formula is C96H98F4N30O8S2. The van der Waals surface area contributed by atoms with Crippen molar-refractivity contribution in [1.29, 1.82) is 0 Å². The fourth-order valence-electron chi connectivity index (χ4n) is 16.2. The molecular weight excluding hydrogens is 1840 g/mol. The van der Waals surface area contributed by atoms with Crippen molar-refractivity contribution in [3.05, 3.63) is 253 Å². The van der Waals surface area contributed by atoms with E-state index in [1.807, 2.05) is 115 Å². The number of carbonyl (C=O) groups excluding carboxylic acids is 4. The number of aryl methyl sites for hydroxylation is 2. The Hall–Kier alpha value is -15.3. The van der Waals surface area contributed by atoms with Crippen molar-refractivity contribution < 1.29 is 55.0 Å². The lowest BCUT2D eigenvalue weighted by atomic mass is 10.0. The number of piperidine rings is 2. The summed E-state index contributed by atoms with van der Waals surface area (Å²) in [5, 5.41) is 51.8. The van der Waals surface area contributed by atoms with Gasteiger partial charge in [-0.2, -0.15) is 20.4 Å². The second-order valence-electron chi connectivity index (χ2n) is 34.7. The van der Waals surface area contributed by atoms with Gasteiger partial charge >= 0.3 is 0 Å². The van der Waals surface area contributed by atoms with Crippen LogP contribution < -0.4 is 30.7 Å². The van der Waals surface area contributed by atoms with Crippen molar-refractivity contribution in [3.8, 4) is 44.5 Å². The van der Waals surface area contributed by atoms with Gasteiger partial charge in [0.25, 0.3) is 35.5 Å². The summed E-state index contributed by atoms with van der Waals surface area (Å²) in [4.78, 5) is 110. The van der Waals surface area contributed by atoms with Crippen LogP contribution in [0, 0.1) is 13.8 Å². The van der Waals surface area contributed by atoms with Gasteiger partial charge in [0.15, 0.2) is 22.8 Å².